The number of unbranched alkanes of at least 4 members (excludes halogenated alkanes) is 5. The van der Waals surface area contributed by atoms with Crippen LogP contribution in [0, 0.1) is 11.8 Å². The van der Waals surface area contributed by atoms with Crippen LogP contribution in [-0.4, -0.2) is 219 Å². The third kappa shape index (κ3) is 15.9. The van der Waals surface area contributed by atoms with Crippen molar-refractivity contribution in [2.24, 2.45) is 0 Å². The molecular formula is C49H76N4O21. The van der Waals surface area contributed by atoms with Gasteiger partial charge >= 0.3 is 0 Å². The van der Waals surface area contributed by atoms with Crippen molar-refractivity contribution in [2.45, 2.75) is 209 Å². The molecule has 5 rings (SSSR count). The largest absolute Gasteiger partial charge is 0.494 e. The minimum atomic E-state index is -1.92. The predicted octanol–water partition coefficient (Wildman–Crippen LogP) is -3.33. The van der Waals surface area contributed by atoms with Gasteiger partial charge in [-0.3, -0.25) is 19.2 Å². The van der Waals surface area contributed by atoms with E-state index in [0.29, 0.717) is 25.2 Å². The fourth-order valence-electron chi connectivity index (χ4n) is 9.25. The first-order valence-electron chi connectivity index (χ1n) is 25.2. The van der Waals surface area contributed by atoms with E-state index in [0.717, 1.165) is 46.5 Å². The van der Waals surface area contributed by atoms with Gasteiger partial charge in [0.25, 0.3) is 5.91 Å². The lowest BCUT2D eigenvalue weighted by Gasteiger charge is -2.51. The summed E-state index contributed by atoms with van der Waals surface area (Å²) in [5.41, 5.74) is 0.0777. The second-order valence-corrected chi connectivity index (χ2v) is 18.7. The maximum absolute atomic E-state index is 13.8. The molecule has 0 saturated carbocycles. The first-order valence-corrected chi connectivity index (χ1v) is 25.2. The molecule has 0 spiro atoms. The number of aliphatic hydroxyl groups excluding tert-OH is 9. The van der Waals surface area contributed by atoms with Crippen LogP contribution in [0.15, 0.2) is 24.3 Å². The molecule has 74 heavy (non-hydrogen) atoms. The van der Waals surface area contributed by atoms with Crippen molar-refractivity contribution in [1.29, 1.82) is 0 Å². The molecule has 20 atom stereocenters. The molecule has 0 aromatic heterocycles. The minimum Gasteiger partial charge on any atom is -0.494 e. The monoisotopic (exact) mass is 1060 g/mol. The molecule has 25 nitrogen and oxygen atoms in total. The molecule has 0 radical (unpaired) electrons. The van der Waals surface area contributed by atoms with Crippen LogP contribution in [0.5, 0.6) is 5.75 Å². The highest BCUT2D eigenvalue weighted by Gasteiger charge is 2.56. The molecule has 4 amide bonds. The van der Waals surface area contributed by atoms with Crippen molar-refractivity contribution in [3.05, 3.63) is 29.8 Å². The summed E-state index contributed by atoms with van der Waals surface area (Å²) in [6.45, 7) is 4.84. The SMILES string of the molecule is CCCCCCC#CCCCOc1cccc(C(=O)N[C@H]2C(O)[C@H](O)C(CO)O[C@H]2O[C@H]2C(O)C(NC(C)=O)C(OC3C(CO)O[C@@H](O[C@H]4C(O)C(NC(C)=O)C(O)O[C@H]4CC)[C@@H](NC(C)=O)C3O)O[C@H]2CO)c1. The second kappa shape index (κ2) is 29.4. The molecule has 4 heterocycles. The summed E-state index contributed by atoms with van der Waals surface area (Å²) in [7, 11) is 0. The Bertz CT molecular complexity index is 2010. The van der Waals surface area contributed by atoms with Crippen molar-refractivity contribution in [3.63, 3.8) is 0 Å². The third-order valence-corrected chi connectivity index (χ3v) is 13.1. The van der Waals surface area contributed by atoms with Crippen LogP contribution in [0.3, 0.4) is 0 Å². The van der Waals surface area contributed by atoms with E-state index in [1.165, 1.54) is 18.6 Å². The zero-order valence-electron chi connectivity index (χ0n) is 42.3. The van der Waals surface area contributed by atoms with Gasteiger partial charge in [0, 0.05) is 39.2 Å². The fourth-order valence-corrected chi connectivity index (χ4v) is 9.25. The van der Waals surface area contributed by atoms with Crippen LogP contribution in [0.4, 0.5) is 0 Å². The molecule has 13 N–H and O–H groups in total. The Kier molecular flexibility index (Phi) is 24.1. The zero-order chi connectivity index (χ0) is 54.2. The summed E-state index contributed by atoms with van der Waals surface area (Å²) in [5.74, 6) is 3.85. The first kappa shape index (κ1) is 60.7. The summed E-state index contributed by atoms with van der Waals surface area (Å²) in [5, 5.41) is 109. The highest BCUT2D eigenvalue weighted by Crippen LogP contribution is 2.35. The maximum Gasteiger partial charge on any atom is 0.251 e. The summed E-state index contributed by atoms with van der Waals surface area (Å²) in [4.78, 5) is 51.0. The van der Waals surface area contributed by atoms with Gasteiger partial charge in [-0.25, -0.2) is 0 Å². The Morgan fingerprint density at radius 3 is 1.53 bits per heavy atom. The Hall–Kier alpha value is -4.18. The molecule has 25 heteroatoms. The molecule has 0 bridgehead atoms. The van der Waals surface area contributed by atoms with E-state index < -0.39 is 166 Å². The molecule has 4 aliphatic rings. The fraction of sp³-hybridized carbons (Fsp3) is 0.755. The average Bonchev–Trinajstić information content (AvgIpc) is 3.36. The number of hydrogen-bond acceptors (Lipinski definition) is 21. The van der Waals surface area contributed by atoms with Gasteiger partial charge < -0.3 is 105 Å². The maximum atomic E-state index is 13.8. The normalized spacial score (nSPS) is 36.1. The quantitative estimate of drug-likeness (QED) is 0.0377. The van der Waals surface area contributed by atoms with Crippen LogP contribution in [0.25, 0.3) is 0 Å². The molecule has 418 valence electrons. The van der Waals surface area contributed by atoms with Gasteiger partial charge in [0.1, 0.15) is 97.1 Å². The van der Waals surface area contributed by atoms with Crippen molar-refractivity contribution in [1.82, 2.24) is 21.3 Å². The van der Waals surface area contributed by atoms with Crippen molar-refractivity contribution >= 4 is 23.6 Å². The third-order valence-electron chi connectivity index (χ3n) is 13.1. The molecule has 1 aromatic carbocycles. The number of amides is 4. The molecule has 4 saturated heterocycles. The molecule has 4 aliphatic heterocycles. The Morgan fingerprint density at radius 2 is 1.03 bits per heavy atom. The number of hydrogen-bond donors (Lipinski definition) is 13. The van der Waals surface area contributed by atoms with Crippen LogP contribution in [-0.2, 0) is 47.5 Å². The summed E-state index contributed by atoms with van der Waals surface area (Å²) >= 11 is 0. The second-order valence-electron chi connectivity index (χ2n) is 18.7. The van der Waals surface area contributed by atoms with Crippen LogP contribution in [0.1, 0.15) is 96.3 Å². The molecule has 0 aliphatic carbocycles. The highest BCUT2D eigenvalue weighted by atomic mass is 16.8. The lowest BCUT2D eigenvalue weighted by Crippen LogP contribution is -2.71. The number of benzene rings is 1. The number of rotatable bonds is 23. The Balaban J connectivity index is 1.33. The standard InChI is InChI=1S/C49H76N4O21/c1-6-8-9-10-11-12-13-14-15-19-67-28-18-16-17-27(20-28)45(65)53-34-38(61)37(60)30(21-54)69-47(34)73-43-31(22-55)71-49(36(41(43)64)52-26(5)59)74-44-32(23-56)70-48(35(40(44)63)51-25(4)58)72-42-29(7-2)68-46(66)33(39(42)62)50-24(3)57/h16-18,20,29-44,46-49,54-56,60-64,66H,6-11,14-15,19,21-23H2,1-5H3,(H,50,57)(H,51,58)(H,52,59)(H,53,65)/t29-,30?,31-,32?,33?,34-,35-,36?,37+,38?,39?,40?,41?,42+,43+,44?,46?,47-,48-,49?/m0/s1. The lowest BCUT2D eigenvalue weighted by molar-refractivity contribution is -0.361. The summed E-state index contributed by atoms with van der Waals surface area (Å²) in [6.07, 6.45) is -19.4. The number of carbonyl (C=O) groups is 4. The topological polar surface area (TPSA) is 372 Å². The lowest BCUT2D eigenvalue weighted by atomic mass is 9.92. The zero-order valence-corrected chi connectivity index (χ0v) is 42.3. The predicted molar refractivity (Wildman–Crippen MR) is 255 cm³/mol. The molecular weight excluding hydrogens is 981 g/mol. The number of ether oxygens (including phenoxy) is 8. The molecule has 11 unspecified atom stereocenters. The number of nitrogens with one attached hydrogen (secondary N) is 4. The number of carbonyl (C=O) groups excluding carboxylic acids is 4. The van der Waals surface area contributed by atoms with Gasteiger partial charge in [-0.2, -0.15) is 0 Å². The van der Waals surface area contributed by atoms with Gasteiger partial charge in [-0.15, -0.1) is 11.8 Å². The van der Waals surface area contributed by atoms with Crippen LogP contribution >= 0.6 is 0 Å². The van der Waals surface area contributed by atoms with E-state index in [2.05, 4.69) is 40.0 Å². The smallest absolute Gasteiger partial charge is 0.251 e. The van der Waals surface area contributed by atoms with Crippen LogP contribution < -0.4 is 26.0 Å². The molecule has 4 fully saturated rings. The van der Waals surface area contributed by atoms with Crippen molar-refractivity contribution in [3.8, 4) is 17.6 Å². The van der Waals surface area contributed by atoms with Gasteiger partial charge in [0.05, 0.1) is 32.5 Å². The van der Waals surface area contributed by atoms with E-state index in [4.69, 9.17) is 37.9 Å². The highest BCUT2D eigenvalue weighted by molar-refractivity contribution is 5.94. The van der Waals surface area contributed by atoms with Crippen molar-refractivity contribution < 1.29 is 103 Å². The van der Waals surface area contributed by atoms with Crippen molar-refractivity contribution in [2.75, 3.05) is 26.4 Å². The average molecular weight is 1060 g/mol. The minimum absolute atomic E-state index is 0.0777. The summed E-state index contributed by atoms with van der Waals surface area (Å²) < 4.78 is 47.9. The summed E-state index contributed by atoms with van der Waals surface area (Å²) in [6, 6.07) is 0.00112. The van der Waals surface area contributed by atoms with Gasteiger partial charge in [-0.05, 0) is 37.5 Å². The Morgan fingerprint density at radius 1 is 0.554 bits per heavy atom. The van der Waals surface area contributed by atoms with E-state index in [-0.39, 0.29) is 12.0 Å². The van der Waals surface area contributed by atoms with E-state index in [1.807, 2.05) is 0 Å². The number of aliphatic hydroxyl groups is 9. The molecule has 1 aromatic rings. The van der Waals surface area contributed by atoms with Gasteiger partial charge in [-0.1, -0.05) is 39.2 Å². The van der Waals surface area contributed by atoms with E-state index >= 15 is 0 Å². The van der Waals surface area contributed by atoms with E-state index in [1.54, 1.807) is 19.1 Å². The van der Waals surface area contributed by atoms with E-state index in [9.17, 15) is 65.1 Å². The van der Waals surface area contributed by atoms with Gasteiger partial charge in [0.15, 0.2) is 25.2 Å². The van der Waals surface area contributed by atoms with Crippen LogP contribution in [0.2, 0.25) is 0 Å². The van der Waals surface area contributed by atoms with Gasteiger partial charge in [0.2, 0.25) is 17.7 Å². The Labute approximate surface area is 429 Å². The first-order chi connectivity index (χ1) is 35.4.